The molecule has 0 unspecified atom stereocenters. The fraction of sp³-hybridized carbons (Fsp3) is 0.379. The van der Waals surface area contributed by atoms with Crippen molar-refractivity contribution in [3.63, 3.8) is 0 Å². The lowest BCUT2D eigenvalue weighted by atomic mass is 10.0. The van der Waals surface area contributed by atoms with Gasteiger partial charge in [0.25, 0.3) is 0 Å². The molecule has 5 rings (SSSR count). The Morgan fingerprint density at radius 3 is 2.45 bits per heavy atom. The molecule has 0 radical (unpaired) electrons. The van der Waals surface area contributed by atoms with Crippen LogP contribution in [0.5, 0.6) is 17.2 Å². The fourth-order valence-corrected chi connectivity index (χ4v) is 8.22. The van der Waals surface area contributed by atoms with Gasteiger partial charge in [0.1, 0.15) is 11.9 Å². The molecule has 1 aliphatic carbocycles. The number of thioether (sulfide) groups is 1. The molecule has 1 saturated carbocycles. The van der Waals surface area contributed by atoms with E-state index in [1.807, 2.05) is 0 Å². The highest BCUT2D eigenvalue weighted by molar-refractivity contribution is 8.02. The van der Waals surface area contributed by atoms with Gasteiger partial charge in [0, 0.05) is 37.2 Å². The second-order valence-electron chi connectivity index (χ2n) is 10.4. The minimum absolute atomic E-state index is 0.0249. The first-order chi connectivity index (χ1) is 22.2. The Balaban J connectivity index is 1.45. The van der Waals surface area contributed by atoms with E-state index in [0.29, 0.717) is 11.6 Å². The lowest BCUT2D eigenvalue weighted by molar-refractivity contribution is -0.274. The molecule has 0 bridgehead atoms. The van der Waals surface area contributed by atoms with Crippen molar-refractivity contribution in [2.45, 2.75) is 48.6 Å². The summed E-state index contributed by atoms with van der Waals surface area (Å²) in [6.45, 7) is -3.04. The van der Waals surface area contributed by atoms with Crippen LogP contribution in [0.3, 0.4) is 0 Å². The topological polar surface area (TPSA) is 104 Å². The number of halogens is 7. The summed E-state index contributed by atoms with van der Waals surface area (Å²) >= 11 is 13.6. The normalized spacial score (nSPS) is 17.8. The molecular weight excluding hydrogens is 718 g/mol. The van der Waals surface area contributed by atoms with E-state index in [-0.39, 0.29) is 58.4 Å². The molecule has 2 heterocycles. The fourth-order valence-electron chi connectivity index (χ4n) is 4.62. The maximum absolute atomic E-state index is 13.7. The van der Waals surface area contributed by atoms with Crippen molar-refractivity contribution in [1.29, 1.82) is 0 Å². The zero-order valence-corrected chi connectivity index (χ0v) is 27.1. The second-order valence-corrected chi connectivity index (χ2v) is 14.3. The molecular formula is C29H25Cl2F5N2O7S2. The number of esters is 1. The lowest BCUT2D eigenvalue weighted by Gasteiger charge is -2.26. The average Bonchev–Trinajstić information content (AvgIpc) is 3.68. The Labute approximate surface area is 280 Å². The zero-order valence-electron chi connectivity index (χ0n) is 24.0. The van der Waals surface area contributed by atoms with Crippen molar-refractivity contribution in [2.75, 3.05) is 18.9 Å². The standard InChI is InChI=1S/C29H25Cl2F5N2O7S2/c30-21-13-37-14-22(31)20(21)12-24(17-6-7-23(44-28(32)33)25(10-17)42-15-16-4-5-16)43-27(39)26-38(8-9-46-26)47(40,41)19-3-1-2-18(11-19)45-29(34,35)36/h1-3,6-7,10-11,13-14,16,24,26,28H,4-5,8-9,12,15H2/t24-,26-/m0/s1. The summed E-state index contributed by atoms with van der Waals surface area (Å²) in [5.41, 5.74) is 0.601. The number of carbonyl (C=O) groups is 1. The van der Waals surface area contributed by atoms with Crippen molar-refractivity contribution < 1.29 is 54.1 Å². The summed E-state index contributed by atoms with van der Waals surface area (Å²) in [6.07, 6.45) is -1.90. The van der Waals surface area contributed by atoms with E-state index in [4.69, 9.17) is 32.7 Å². The van der Waals surface area contributed by atoms with Crippen molar-refractivity contribution >= 4 is 51.0 Å². The highest BCUT2D eigenvalue weighted by Gasteiger charge is 2.43. The van der Waals surface area contributed by atoms with Crippen LogP contribution in [0.1, 0.15) is 30.1 Å². The van der Waals surface area contributed by atoms with Crippen LogP contribution in [-0.4, -0.2) is 60.9 Å². The summed E-state index contributed by atoms with van der Waals surface area (Å²) in [5.74, 6) is -1.59. The molecule has 2 fully saturated rings. The largest absolute Gasteiger partial charge is 0.573 e. The van der Waals surface area contributed by atoms with Crippen LogP contribution >= 0.6 is 35.0 Å². The highest BCUT2D eigenvalue weighted by atomic mass is 35.5. The molecule has 2 aromatic carbocycles. The molecule has 1 saturated heterocycles. The van der Waals surface area contributed by atoms with E-state index in [9.17, 15) is 35.2 Å². The molecule has 2 atom stereocenters. The van der Waals surface area contributed by atoms with Gasteiger partial charge in [-0.05, 0) is 54.2 Å². The first-order valence-corrected chi connectivity index (χ1v) is 17.1. The number of hydrogen-bond donors (Lipinski definition) is 0. The van der Waals surface area contributed by atoms with E-state index in [1.54, 1.807) is 0 Å². The minimum Gasteiger partial charge on any atom is -0.489 e. The highest BCUT2D eigenvalue weighted by Crippen LogP contribution is 2.39. The summed E-state index contributed by atoms with van der Waals surface area (Å²) in [5, 5.41) is -1.14. The summed E-state index contributed by atoms with van der Waals surface area (Å²) < 4.78 is 113. The molecule has 1 aliphatic heterocycles. The average molecular weight is 744 g/mol. The smallest absolute Gasteiger partial charge is 0.489 e. The third kappa shape index (κ3) is 9.10. The quantitative estimate of drug-likeness (QED) is 0.132. The number of rotatable bonds is 13. The lowest BCUT2D eigenvalue weighted by Crippen LogP contribution is -2.40. The third-order valence-corrected chi connectivity index (χ3v) is 10.8. The van der Waals surface area contributed by atoms with Crippen LogP contribution in [0.2, 0.25) is 10.0 Å². The number of pyridine rings is 1. The Morgan fingerprint density at radius 1 is 1.06 bits per heavy atom. The Bertz CT molecular complexity index is 1690. The van der Waals surface area contributed by atoms with Gasteiger partial charge in [-0.3, -0.25) is 4.98 Å². The SMILES string of the molecule is O=C(O[C@@H](Cc1c(Cl)cncc1Cl)c1ccc(OC(F)F)c(OCC2CC2)c1)[C@@H]1SCCN1S(=O)(=O)c1cccc(OC(F)(F)F)c1. The number of aromatic nitrogens is 1. The third-order valence-electron chi connectivity index (χ3n) is 7.02. The van der Waals surface area contributed by atoms with E-state index < -0.39 is 51.1 Å². The van der Waals surface area contributed by atoms with Gasteiger partial charge in [-0.25, -0.2) is 13.2 Å². The van der Waals surface area contributed by atoms with Crippen LogP contribution in [0, 0.1) is 5.92 Å². The van der Waals surface area contributed by atoms with Crippen molar-refractivity contribution in [3.8, 4) is 17.2 Å². The molecule has 0 spiro atoms. The van der Waals surface area contributed by atoms with Gasteiger partial charge in [-0.1, -0.05) is 35.3 Å². The van der Waals surface area contributed by atoms with Gasteiger partial charge in [-0.2, -0.15) is 13.1 Å². The number of alkyl halides is 5. The predicted molar refractivity (Wildman–Crippen MR) is 161 cm³/mol. The van der Waals surface area contributed by atoms with Gasteiger partial charge in [-0.15, -0.1) is 24.9 Å². The van der Waals surface area contributed by atoms with Crippen LogP contribution < -0.4 is 14.2 Å². The molecule has 1 aromatic heterocycles. The van der Waals surface area contributed by atoms with Crippen LogP contribution in [0.4, 0.5) is 22.0 Å². The Kier molecular flexibility index (Phi) is 11.0. The van der Waals surface area contributed by atoms with Crippen molar-refractivity contribution in [3.05, 3.63) is 76.0 Å². The minimum atomic E-state index is -5.06. The summed E-state index contributed by atoms with van der Waals surface area (Å²) in [6, 6.07) is 7.79. The molecule has 18 heteroatoms. The van der Waals surface area contributed by atoms with Gasteiger partial charge in [0.2, 0.25) is 10.0 Å². The number of nitrogens with zero attached hydrogens (tertiary/aromatic N) is 2. The summed E-state index contributed by atoms with van der Waals surface area (Å²) in [4.78, 5) is 17.1. The van der Waals surface area contributed by atoms with E-state index in [2.05, 4.69) is 14.5 Å². The van der Waals surface area contributed by atoms with Gasteiger partial charge < -0.3 is 18.9 Å². The zero-order chi connectivity index (χ0) is 33.9. The molecule has 254 valence electrons. The molecule has 3 aromatic rings. The van der Waals surface area contributed by atoms with Crippen molar-refractivity contribution in [1.82, 2.24) is 9.29 Å². The van der Waals surface area contributed by atoms with E-state index >= 15 is 0 Å². The number of carbonyl (C=O) groups excluding carboxylic acids is 1. The van der Waals surface area contributed by atoms with Crippen LogP contribution in [0.15, 0.2) is 59.8 Å². The number of ether oxygens (including phenoxy) is 4. The van der Waals surface area contributed by atoms with Gasteiger partial charge in [0.05, 0.1) is 21.5 Å². The monoisotopic (exact) mass is 742 g/mol. The molecule has 0 amide bonds. The number of hydrogen-bond acceptors (Lipinski definition) is 9. The molecule has 2 aliphatic rings. The summed E-state index contributed by atoms with van der Waals surface area (Å²) in [7, 11) is -4.51. The molecule has 47 heavy (non-hydrogen) atoms. The first-order valence-electron chi connectivity index (χ1n) is 13.9. The van der Waals surface area contributed by atoms with Crippen molar-refractivity contribution in [2.24, 2.45) is 5.92 Å². The van der Waals surface area contributed by atoms with Crippen LogP contribution in [0.25, 0.3) is 0 Å². The number of benzene rings is 2. The Hall–Kier alpha value is -3.05. The van der Waals surface area contributed by atoms with Crippen LogP contribution in [-0.2, 0) is 26.0 Å². The van der Waals surface area contributed by atoms with Gasteiger partial charge >= 0.3 is 18.9 Å². The first kappa shape index (κ1) is 35.3. The maximum atomic E-state index is 13.7. The number of sulfonamides is 1. The second kappa shape index (κ2) is 14.6. The van der Waals surface area contributed by atoms with E-state index in [0.717, 1.165) is 47.1 Å². The maximum Gasteiger partial charge on any atom is 0.573 e. The molecule has 9 nitrogen and oxygen atoms in total. The molecule has 0 N–H and O–H groups in total. The predicted octanol–water partition coefficient (Wildman–Crippen LogP) is 7.27. The van der Waals surface area contributed by atoms with Gasteiger partial charge in [0.15, 0.2) is 16.9 Å². The van der Waals surface area contributed by atoms with E-state index in [1.165, 1.54) is 30.6 Å². The Morgan fingerprint density at radius 2 is 1.79 bits per heavy atom.